The Morgan fingerprint density at radius 1 is 1.47 bits per heavy atom. The molecule has 3 heterocycles. The first-order chi connectivity index (χ1) is 8.20. The van der Waals surface area contributed by atoms with Crippen molar-refractivity contribution in [1.29, 1.82) is 0 Å². The summed E-state index contributed by atoms with van der Waals surface area (Å²) in [6.45, 7) is 3.47. The molecule has 0 radical (unpaired) electrons. The fourth-order valence-corrected chi connectivity index (χ4v) is 4.15. The van der Waals surface area contributed by atoms with Crippen LogP contribution in [0.5, 0.6) is 0 Å². The monoisotopic (exact) mass is 314 g/mol. The molecule has 0 aliphatic carbocycles. The maximum atomic E-state index is 12.0. The van der Waals surface area contributed by atoms with Crippen LogP contribution >= 0.6 is 27.3 Å². The quantitative estimate of drug-likeness (QED) is 0.908. The van der Waals surface area contributed by atoms with E-state index >= 15 is 0 Å². The zero-order valence-electron chi connectivity index (χ0n) is 9.49. The Hall–Kier alpha value is -0.390. The van der Waals surface area contributed by atoms with Crippen LogP contribution in [0.3, 0.4) is 0 Å². The van der Waals surface area contributed by atoms with Gasteiger partial charge in [-0.1, -0.05) is 0 Å². The highest BCUT2D eigenvalue weighted by molar-refractivity contribution is 9.11. The van der Waals surface area contributed by atoms with Gasteiger partial charge in [0.05, 0.1) is 8.66 Å². The van der Waals surface area contributed by atoms with Crippen molar-refractivity contribution in [2.75, 3.05) is 19.6 Å². The van der Waals surface area contributed by atoms with Gasteiger partial charge in [-0.05, 0) is 53.4 Å². The van der Waals surface area contributed by atoms with Crippen LogP contribution in [0.2, 0.25) is 0 Å². The Balaban J connectivity index is 1.62. The van der Waals surface area contributed by atoms with E-state index in [1.165, 1.54) is 30.8 Å². The Morgan fingerprint density at radius 2 is 2.35 bits per heavy atom. The Labute approximate surface area is 113 Å². The first kappa shape index (κ1) is 11.7. The Bertz CT molecular complexity index is 422. The third kappa shape index (κ3) is 2.56. The van der Waals surface area contributed by atoms with Crippen molar-refractivity contribution in [1.82, 2.24) is 10.2 Å². The maximum absolute atomic E-state index is 12.0. The van der Waals surface area contributed by atoms with Crippen molar-refractivity contribution < 1.29 is 4.79 Å². The molecule has 0 spiro atoms. The highest BCUT2D eigenvalue weighted by Gasteiger charge is 2.33. The second-order valence-corrected chi connectivity index (χ2v) is 7.39. The SMILES string of the molecule is O=C(NC1CC2CCN(C2)C1)c1ccc(Br)s1. The molecule has 1 aromatic rings. The van der Waals surface area contributed by atoms with Gasteiger partial charge in [-0.15, -0.1) is 11.3 Å². The summed E-state index contributed by atoms with van der Waals surface area (Å²) in [5.41, 5.74) is 0. The lowest BCUT2D eigenvalue weighted by Crippen LogP contribution is -2.46. The maximum Gasteiger partial charge on any atom is 0.261 e. The van der Waals surface area contributed by atoms with E-state index in [0.29, 0.717) is 6.04 Å². The molecule has 0 saturated carbocycles. The lowest BCUT2D eigenvalue weighted by atomic mass is 9.97. The molecular weight excluding hydrogens is 300 g/mol. The second-order valence-electron chi connectivity index (χ2n) is 4.92. The molecule has 2 bridgehead atoms. The summed E-state index contributed by atoms with van der Waals surface area (Å²) in [7, 11) is 0. The standard InChI is InChI=1S/C12H15BrN2OS/c13-11-2-1-10(17-11)12(16)14-9-5-8-3-4-15(6-8)7-9/h1-2,8-9H,3-7H2,(H,14,16). The number of halogens is 1. The fraction of sp³-hybridized carbons (Fsp3) is 0.583. The summed E-state index contributed by atoms with van der Waals surface area (Å²) in [5.74, 6) is 0.873. The number of hydrogen-bond donors (Lipinski definition) is 1. The van der Waals surface area contributed by atoms with Crippen LogP contribution in [0.15, 0.2) is 15.9 Å². The minimum Gasteiger partial charge on any atom is -0.347 e. The first-order valence-corrected chi connectivity index (χ1v) is 7.60. The number of rotatable bonds is 2. The minimum absolute atomic E-state index is 0.0770. The molecule has 2 aliphatic heterocycles. The van der Waals surface area contributed by atoms with Gasteiger partial charge in [0, 0.05) is 19.1 Å². The van der Waals surface area contributed by atoms with Gasteiger partial charge in [0.2, 0.25) is 0 Å². The van der Waals surface area contributed by atoms with Gasteiger partial charge in [0.25, 0.3) is 5.91 Å². The number of fused-ring (bicyclic) bond motifs is 2. The fourth-order valence-electron chi connectivity index (χ4n) is 2.86. The van der Waals surface area contributed by atoms with Crippen LogP contribution < -0.4 is 5.32 Å². The number of nitrogens with one attached hydrogen (secondary N) is 1. The Morgan fingerprint density at radius 3 is 3.06 bits per heavy atom. The molecule has 2 saturated heterocycles. The molecule has 5 heteroatoms. The molecule has 2 fully saturated rings. The predicted octanol–water partition coefficient (Wildman–Crippen LogP) is 2.33. The lowest BCUT2D eigenvalue weighted by Gasteiger charge is -2.30. The normalized spacial score (nSPS) is 31.5. The largest absolute Gasteiger partial charge is 0.347 e. The molecule has 3 rings (SSSR count). The Kier molecular flexibility index (Phi) is 3.23. The smallest absolute Gasteiger partial charge is 0.261 e. The van der Waals surface area contributed by atoms with Crippen LogP contribution in [0.4, 0.5) is 0 Å². The highest BCUT2D eigenvalue weighted by atomic mass is 79.9. The molecule has 1 N–H and O–H groups in total. The summed E-state index contributed by atoms with van der Waals surface area (Å²) in [6.07, 6.45) is 2.45. The van der Waals surface area contributed by atoms with Crippen LogP contribution in [0, 0.1) is 5.92 Å². The third-order valence-corrected chi connectivity index (χ3v) is 5.22. The van der Waals surface area contributed by atoms with Crippen LogP contribution in [0.1, 0.15) is 22.5 Å². The number of nitrogens with zero attached hydrogens (tertiary/aromatic N) is 1. The van der Waals surface area contributed by atoms with Gasteiger partial charge in [-0.25, -0.2) is 0 Å². The lowest BCUT2D eigenvalue weighted by molar-refractivity contribution is 0.0913. The van der Waals surface area contributed by atoms with E-state index in [1.54, 1.807) is 0 Å². The molecular formula is C12H15BrN2OS. The van der Waals surface area contributed by atoms with E-state index < -0.39 is 0 Å². The summed E-state index contributed by atoms with van der Waals surface area (Å²) in [6, 6.07) is 4.14. The molecule has 3 nitrogen and oxygen atoms in total. The molecule has 1 aromatic heterocycles. The zero-order chi connectivity index (χ0) is 11.8. The minimum atomic E-state index is 0.0770. The average Bonchev–Trinajstić information content (AvgIpc) is 2.85. The van der Waals surface area contributed by atoms with Gasteiger partial charge in [0.1, 0.15) is 0 Å². The number of carbonyl (C=O) groups is 1. The van der Waals surface area contributed by atoms with E-state index in [4.69, 9.17) is 0 Å². The second kappa shape index (κ2) is 4.71. The van der Waals surface area contributed by atoms with E-state index in [1.807, 2.05) is 12.1 Å². The highest BCUT2D eigenvalue weighted by Crippen LogP contribution is 2.27. The van der Waals surface area contributed by atoms with E-state index in [9.17, 15) is 4.79 Å². The molecule has 17 heavy (non-hydrogen) atoms. The molecule has 0 aromatic carbocycles. The topological polar surface area (TPSA) is 32.3 Å². The molecule has 92 valence electrons. The van der Waals surface area contributed by atoms with Crippen molar-refractivity contribution in [2.45, 2.75) is 18.9 Å². The zero-order valence-corrected chi connectivity index (χ0v) is 11.9. The predicted molar refractivity (Wildman–Crippen MR) is 72.4 cm³/mol. The molecule has 1 amide bonds. The van der Waals surface area contributed by atoms with Gasteiger partial charge in [-0.3, -0.25) is 4.79 Å². The van der Waals surface area contributed by atoms with Crippen LogP contribution in [-0.2, 0) is 0 Å². The number of carbonyl (C=O) groups excluding carboxylic acids is 1. The van der Waals surface area contributed by atoms with Gasteiger partial charge >= 0.3 is 0 Å². The van der Waals surface area contributed by atoms with E-state index in [0.717, 1.165) is 27.5 Å². The van der Waals surface area contributed by atoms with Gasteiger partial charge in [0.15, 0.2) is 0 Å². The van der Waals surface area contributed by atoms with E-state index in [-0.39, 0.29) is 5.91 Å². The number of thiophene rings is 1. The molecule has 3 atom stereocenters. The summed E-state index contributed by atoms with van der Waals surface area (Å²) in [4.78, 5) is 15.3. The van der Waals surface area contributed by atoms with Crippen molar-refractivity contribution >= 4 is 33.2 Å². The third-order valence-electron chi connectivity index (χ3n) is 3.60. The van der Waals surface area contributed by atoms with Crippen LogP contribution in [0.25, 0.3) is 0 Å². The van der Waals surface area contributed by atoms with Crippen molar-refractivity contribution in [3.63, 3.8) is 0 Å². The molecule has 3 unspecified atom stereocenters. The summed E-state index contributed by atoms with van der Waals surface area (Å²) in [5, 5.41) is 3.16. The molecule has 2 aliphatic rings. The van der Waals surface area contributed by atoms with E-state index in [2.05, 4.69) is 26.1 Å². The van der Waals surface area contributed by atoms with Gasteiger partial charge < -0.3 is 10.2 Å². The number of hydrogen-bond acceptors (Lipinski definition) is 3. The first-order valence-electron chi connectivity index (χ1n) is 5.99. The summed E-state index contributed by atoms with van der Waals surface area (Å²) >= 11 is 4.88. The van der Waals surface area contributed by atoms with Crippen LogP contribution in [-0.4, -0.2) is 36.5 Å². The van der Waals surface area contributed by atoms with Gasteiger partial charge in [-0.2, -0.15) is 0 Å². The number of piperidine rings is 1. The van der Waals surface area contributed by atoms with Crippen molar-refractivity contribution in [3.05, 3.63) is 20.8 Å². The summed E-state index contributed by atoms with van der Waals surface area (Å²) < 4.78 is 1.01. The van der Waals surface area contributed by atoms with Crippen molar-refractivity contribution in [3.8, 4) is 0 Å². The number of amides is 1. The average molecular weight is 315 g/mol. The van der Waals surface area contributed by atoms with Crippen molar-refractivity contribution in [2.24, 2.45) is 5.92 Å².